The van der Waals surface area contributed by atoms with Gasteiger partial charge in [-0.25, -0.2) is 4.39 Å². The number of nitrogens with one attached hydrogen (secondary N) is 1. The third-order valence-corrected chi connectivity index (χ3v) is 2.53. The summed E-state index contributed by atoms with van der Waals surface area (Å²) in [4.78, 5) is 0. The van der Waals surface area contributed by atoms with Crippen LogP contribution in [0.2, 0.25) is 0 Å². The molecule has 0 saturated carbocycles. The standard InChI is InChI=1S/C14H19FN2O/c1-2-17-11-12-10-13(15)6-7-14(12)18-9-5-3-4-8-16/h6-7,10,17H,2-5,9,11H2,1H3. The van der Waals surface area contributed by atoms with E-state index < -0.39 is 0 Å². The first-order chi connectivity index (χ1) is 8.77. The second kappa shape index (κ2) is 8.48. The van der Waals surface area contributed by atoms with E-state index in [1.807, 2.05) is 6.92 Å². The van der Waals surface area contributed by atoms with Gasteiger partial charge in [0, 0.05) is 18.5 Å². The van der Waals surface area contributed by atoms with Crippen molar-refractivity contribution in [1.82, 2.24) is 5.32 Å². The molecule has 0 aliphatic rings. The van der Waals surface area contributed by atoms with Crippen molar-refractivity contribution in [2.45, 2.75) is 32.7 Å². The maximum absolute atomic E-state index is 13.1. The normalized spacial score (nSPS) is 10.1. The maximum atomic E-state index is 13.1. The highest BCUT2D eigenvalue weighted by Gasteiger charge is 2.05. The summed E-state index contributed by atoms with van der Waals surface area (Å²) in [6, 6.07) is 6.65. The highest BCUT2D eigenvalue weighted by Crippen LogP contribution is 2.20. The van der Waals surface area contributed by atoms with Crippen LogP contribution in [-0.4, -0.2) is 13.2 Å². The van der Waals surface area contributed by atoms with Gasteiger partial charge in [0.2, 0.25) is 0 Å². The van der Waals surface area contributed by atoms with Gasteiger partial charge < -0.3 is 10.1 Å². The van der Waals surface area contributed by atoms with E-state index in [1.165, 1.54) is 12.1 Å². The number of benzene rings is 1. The fourth-order valence-corrected chi connectivity index (χ4v) is 1.57. The molecule has 0 aliphatic heterocycles. The summed E-state index contributed by atoms with van der Waals surface area (Å²) >= 11 is 0. The smallest absolute Gasteiger partial charge is 0.123 e. The van der Waals surface area contributed by atoms with Crippen molar-refractivity contribution < 1.29 is 9.13 Å². The molecule has 1 N–H and O–H groups in total. The molecule has 98 valence electrons. The number of nitrogens with zero attached hydrogens (tertiary/aromatic N) is 1. The molecule has 1 aromatic carbocycles. The number of hydrogen-bond donors (Lipinski definition) is 1. The van der Waals surface area contributed by atoms with Crippen LogP contribution in [0.1, 0.15) is 31.7 Å². The van der Waals surface area contributed by atoms with E-state index in [4.69, 9.17) is 10.00 Å². The Balaban J connectivity index is 2.50. The minimum atomic E-state index is -0.250. The topological polar surface area (TPSA) is 45.0 Å². The lowest BCUT2D eigenvalue weighted by Crippen LogP contribution is -2.13. The molecular formula is C14H19FN2O. The van der Waals surface area contributed by atoms with Crippen molar-refractivity contribution in [2.75, 3.05) is 13.2 Å². The molecule has 0 atom stereocenters. The number of unbranched alkanes of at least 4 members (excludes halogenated alkanes) is 2. The van der Waals surface area contributed by atoms with Gasteiger partial charge in [-0.05, 0) is 37.6 Å². The molecular weight excluding hydrogens is 231 g/mol. The van der Waals surface area contributed by atoms with Crippen LogP contribution < -0.4 is 10.1 Å². The van der Waals surface area contributed by atoms with Crippen molar-refractivity contribution >= 4 is 0 Å². The average molecular weight is 250 g/mol. The second-order valence-electron chi connectivity index (χ2n) is 4.00. The molecule has 1 aromatic rings. The molecule has 0 saturated heterocycles. The van der Waals surface area contributed by atoms with E-state index in [-0.39, 0.29) is 5.82 Å². The minimum absolute atomic E-state index is 0.250. The number of hydrogen-bond acceptors (Lipinski definition) is 3. The summed E-state index contributed by atoms with van der Waals surface area (Å²) < 4.78 is 18.8. The SMILES string of the molecule is CCNCc1cc(F)ccc1OCCCCC#N. The summed E-state index contributed by atoms with van der Waals surface area (Å²) in [5.41, 5.74) is 0.831. The molecule has 0 radical (unpaired) electrons. The molecule has 18 heavy (non-hydrogen) atoms. The molecule has 1 rings (SSSR count). The van der Waals surface area contributed by atoms with E-state index in [0.29, 0.717) is 25.3 Å². The number of rotatable bonds is 8. The Morgan fingerprint density at radius 2 is 2.22 bits per heavy atom. The third-order valence-electron chi connectivity index (χ3n) is 2.53. The van der Waals surface area contributed by atoms with Crippen LogP contribution in [0.15, 0.2) is 18.2 Å². The summed E-state index contributed by atoms with van der Waals surface area (Å²) in [6.07, 6.45) is 2.23. The Hall–Kier alpha value is -1.60. The van der Waals surface area contributed by atoms with Crippen LogP contribution in [0, 0.1) is 17.1 Å². The predicted molar refractivity (Wildman–Crippen MR) is 68.7 cm³/mol. The lowest BCUT2D eigenvalue weighted by molar-refractivity contribution is 0.303. The van der Waals surface area contributed by atoms with Crippen LogP contribution in [0.5, 0.6) is 5.75 Å². The average Bonchev–Trinajstić information content (AvgIpc) is 2.38. The Morgan fingerprint density at radius 1 is 1.39 bits per heavy atom. The summed E-state index contributed by atoms with van der Waals surface area (Å²) in [5.74, 6) is 0.467. The highest BCUT2D eigenvalue weighted by molar-refractivity contribution is 5.33. The van der Waals surface area contributed by atoms with E-state index in [1.54, 1.807) is 6.07 Å². The van der Waals surface area contributed by atoms with Crippen molar-refractivity contribution in [3.8, 4) is 11.8 Å². The molecule has 0 unspecified atom stereocenters. The predicted octanol–water partition coefficient (Wildman–Crippen LogP) is 3.01. The van der Waals surface area contributed by atoms with Crippen molar-refractivity contribution in [2.24, 2.45) is 0 Å². The lowest BCUT2D eigenvalue weighted by Gasteiger charge is -2.11. The van der Waals surface area contributed by atoms with Gasteiger partial charge in [-0.1, -0.05) is 6.92 Å². The second-order valence-corrected chi connectivity index (χ2v) is 4.00. The Kier molecular flexibility index (Phi) is 6.82. The number of nitriles is 1. The van der Waals surface area contributed by atoms with E-state index in [9.17, 15) is 4.39 Å². The quantitative estimate of drug-likeness (QED) is 0.721. The molecule has 0 heterocycles. The first-order valence-corrected chi connectivity index (χ1v) is 6.26. The van der Waals surface area contributed by atoms with E-state index >= 15 is 0 Å². The van der Waals surface area contributed by atoms with Crippen molar-refractivity contribution in [1.29, 1.82) is 5.26 Å². The fourth-order valence-electron chi connectivity index (χ4n) is 1.57. The molecule has 0 aromatic heterocycles. The van der Waals surface area contributed by atoms with Crippen LogP contribution in [0.3, 0.4) is 0 Å². The molecule has 4 heteroatoms. The van der Waals surface area contributed by atoms with E-state index in [2.05, 4.69) is 11.4 Å². The number of halogens is 1. The van der Waals surface area contributed by atoms with Crippen LogP contribution in [0.4, 0.5) is 4.39 Å². The molecule has 0 bridgehead atoms. The van der Waals surface area contributed by atoms with Gasteiger partial charge in [-0.2, -0.15) is 5.26 Å². The molecule has 0 aliphatic carbocycles. The van der Waals surface area contributed by atoms with Gasteiger partial charge in [0.1, 0.15) is 11.6 Å². The third kappa shape index (κ3) is 5.15. The zero-order valence-corrected chi connectivity index (χ0v) is 10.7. The highest BCUT2D eigenvalue weighted by atomic mass is 19.1. The van der Waals surface area contributed by atoms with Crippen molar-refractivity contribution in [3.05, 3.63) is 29.6 Å². The van der Waals surface area contributed by atoms with Gasteiger partial charge in [0.15, 0.2) is 0 Å². The molecule has 0 amide bonds. The molecule has 0 spiro atoms. The number of ether oxygens (including phenoxy) is 1. The minimum Gasteiger partial charge on any atom is -0.493 e. The van der Waals surface area contributed by atoms with Gasteiger partial charge in [0.05, 0.1) is 12.7 Å². The lowest BCUT2D eigenvalue weighted by atomic mass is 10.2. The van der Waals surface area contributed by atoms with Crippen LogP contribution >= 0.6 is 0 Å². The Labute approximate surface area is 108 Å². The monoisotopic (exact) mass is 250 g/mol. The zero-order chi connectivity index (χ0) is 13.2. The Morgan fingerprint density at radius 3 is 2.94 bits per heavy atom. The van der Waals surface area contributed by atoms with Crippen LogP contribution in [-0.2, 0) is 6.54 Å². The largest absolute Gasteiger partial charge is 0.493 e. The van der Waals surface area contributed by atoms with Gasteiger partial charge in [0.25, 0.3) is 0 Å². The summed E-state index contributed by atoms with van der Waals surface area (Å²) in [5, 5.41) is 11.6. The van der Waals surface area contributed by atoms with Crippen molar-refractivity contribution in [3.63, 3.8) is 0 Å². The maximum Gasteiger partial charge on any atom is 0.123 e. The first-order valence-electron chi connectivity index (χ1n) is 6.26. The molecule has 3 nitrogen and oxygen atoms in total. The van der Waals surface area contributed by atoms with E-state index in [0.717, 1.165) is 24.9 Å². The van der Waals surface area contributed by atoms with Gasteiger partial charge in [-0.15, -0.1) is 0 Å². The summed E-state index contributed by atoms with van der Waals surface area (Å²) in [6.45, 7) is 3.99. The molecule has 0 fully saturated rings. The van der Waals surface area contributed by atoms with Crippen LogP contribution in [0.25, 0.3) is 0 Å². The first kappa shape index (κ1) is 14.5. The van der Waals surface area contributed by atoms with Gasteiger partial charge >= 0.3 is 0 Å². The zero-order valence-electron chi connectivity index (χ0n) is 10.7. The summed E-state index contributed by atoms with van der Waals surface area (Å²) in [7, 11) is 0. The Bertz CT molecular complexity index is 401. The fraction of sp³-hybridized carbons (Fsp3) is 0.500. The van der Waals surface area contributed by atoms with Gasteiger partial charge in [-0.3, -0.25) is 0 Å².